The third-order valence-electron chi connectivity index (χ3n) is 4.63. The van der Waals surface area contributed by atoms with Crippen molar-refractivity contribution >= 4 is 23.2 Å². The molecule has 3 heterocycles. The average Bonchev–Trinajstić information content (AvgIpc) is 3.36. The van der Waals surface area contributed by atoms with Gasteiger partial charge in [-0.25, -0.2) is 14.2 Å². The number of nitrogens with zero attached hydrogens (tertiary/aromatic N) is 6. The van der Waals surface area contributed by atoms with Crippen molar-refractivity contribution in [2.75, 3.05) is 7.05 Å². The topological polar surface area (TPSA) is 68.3 Å². The summed E-state index contributed by atoms with van der Waals surface area (Å²) in [4.78, 5) is 18.2. The number of aryl methyl sites for hydroxylation is 1. The molecule has 0 aliphatic heterocycles. The molecular formula is C20H16ClF3N6O. The molecular weight excluding hydrogens is 433 g/mol. The molecule has 0 fully saturated rings. The van der Waals surface area contributed by atoms with E-state index in [0.717, 1.165) is 17.3 Å². The zero-order valence-corrected chi connectivity index (χ0v) is 17.2. The number of aromatic nitrogens is 5. The number of amides is 1. The Hall–Kier alpha value is -3.40. The van der Waals surface area contributed by atoms with Crippen LogP contribution in [0, 0.1) is 6.92 Å². The van der Waals surface area contributed by atoms with Gasteiger partial charge in [-0.2, -0.15) is 23.4 Å². The highest BCUT2D eigenvalue weighted by Gasteiger charge is 2.36. The Morgan fingerprint density at radius 3 is 2.55 bits per heavy atom. The summed E-state index contributed by atoms with van der Waals surface area (Å²) in [6.07, 6.45) is -1.20. The Labute approximate surface area is 179 Å². The minimum atomic E-state index is -4.68. The number of rotatable bonds is 4. The second-order valence-corrected chi connectivity index (χ2v) is 7.33. The highest BCUT2D eigenvalue weighted by Crippen LogP contribution is 2.32. The minimum absolute atomic E-state index is 0.117. The molecule has 0 aliphatic rings. The summed E-state index contributed by atoms with van der Waals surface area (Å²) in [5, 5.41) is 7.75. The summed E-state index contributed by atoms with van der Waals surface area (Å²) in [7, 11) is 1.52. The molecule has 0 aliphatic carbocycles. The molecule has 0 radical (unpaired) electrons. The van der Waals surface area contributed by atoms with Gasteiger partial charge in [0.1, 0.15) is 10.7 Å². The first kappa shape index (κ1) is 20.9. The molecule has 0 N–H and O–H groups in total. The standard InChI is InChI=1S/C20H16ClF3N6O/c1-12-10-15(20(22,23)24)30-18(26-12)16(21)17(27-30)19(31)28(2)11-13-4-6-14(7-5-13)29-9-3-8-25-29/h3-10H,11H2,1-2H3. The summed E-state index contributed by atoms with van der Waals surface area (Å²) in [6.45, 7) is 1.63. The van der Waals surface area contributed by atoms with Crippen molar-refractivity contribution in [3.63, 3.8) is 0 Å². The highest BCUT2D eigenvalue weighted by molar-refractivity contribution is 6.36. The monoisotopic (exact) mass is 448 g/mol. The van der Waals surface area contributed by atoms with Crippen LogP contribution in [-0.2, 0) is 12.7 Å². The fraction of sp³-hybridized carbons (Fsp3) is 0.200. The number of halogens is 4. The number of hydrogen-bond acceptors (Lipinski definition) is 4. The highest BCUT2D eigenvalue weighted by atomic mass is 35.5. The Bertz CT molecular complexity index is 1250. The van der Waals surface area contributed by atoms with Gasteiger partial charge in [0.25, 0.3) is 5.91 Å². The van der Waals surface area contributed by atoms with Crippen LogP contribution in [0.4, 0.5) is 13.2 Å². The van der Waals surface area contributed by atoms with E-state index in [-0.39, 0.29) is 28.6 Å². The lowest BCUT2D eigenvalue weighted by Crippen LogP contribution is -2.27. The largest absolute Gasteiger partial charge is 0.433 e. The van der Waals surface area contributed by atoms with E-state index in [1.807, 2.05) is 24.3 Å². The van der Waals surface area contributed by atoms with Crippen molar-refractivity contribution < 1.29 is 18.0 Å². The SMILES string of the molecule is Cc1cc(C(F)(F)F)n2nc(C(=O)N(C)Cc3ccc(-n4cccn4)cc3)c(Cl)c2n1. The fourth-order valence-corrected chi connectivity index (χ4v) is 3.39. The molecule has 0 unspecified atom stereocenters. The maximum atomic E-state index is 13.4. The first-order chi connectivity index (χ1) is 14.6. The molecule has 1 aromatic carbocycles. The third kappa shape index (κ3) is 3.98. The molecule has 1 amide bonds. The Morgan fingerprint density at radius 2 is 1.94 bits per heavy atom. The Kier molecular flexibility index (Phi) is 5.18. The second kappa shape index (κ2) is 7.69. The van der Waals surface area contributed by atoms with Crippen LogP contribution < -0.4 is 0 Å². The van der Waals surface area contributed by atoms with Crippen molar-refractivity contribution in [1.29, 1.82) is 0 Å². The van der Waals surface area contributed by atoms with Crippen LogP contribution in [-0.4, -0.2) is 42.2 Å². The maximum Gasteiger partial charge on any atom is 0.433 e. The van der Waals surface area contributed by atoms with Gasteiger partial charge in [-0.3, -0.25) is 4.79 Å². The number of alkyl halides is 3. The second-order valence-electron chi connectivity index (χ2n) is 6.96. The molecule has 160 valence electrons. The van der Waals surface area contributed by atoms with Crippen molar-refractivity contribution in [2.24, 2.45) is 0 Å². The third-order valence-corrected chi connectivity index (χ3v) is 4.97. The van der Waals surface area contributed by atoms with Gasteiger partial charge in [0, 0.05) is 31.7 Å². The van der Waals surface area contributed by atoms with Crippen LogP contribution in [0.2, 0.25) is 5.02 Å². The minimum Gasteiger partial charge on any atom is -0.336 e. The summed E-state index contributed by atoms with van der Waals surface area (Å²) < 4.78 is 42.4. The van der Waals surface area contributed by atoms with E-state index in [9.17, 15) is 18.0 Å². The first-order valence-electron chi connectivity index (χ1n) is 9.12. The molecule has 4 rings (SSSR count). The van der Waals surface area contributed by atoms with E-state index >= 15 is 0 Å². The molecule has 11 heteroatoms. The Balaban J connectivity index is 1.61. The molecule has 0 saturated carbocycles. The van der Waals surface area contributed by atoms with Crippen LogP contribution in [0.5, 0.6) is 0 Å². The van der Waals surface area contributed by atoms with Gasteiger partial charge in [0.2, 0.25) is 0 Å². The van der Waals surface area contributed by atoms with Crippen LogP contribution in [0.1, 0.15) is 27.4 Å². The zero-order valence-electron chi connectivity index (χ0n) is 16.4. The summed E-state index contributed by atoms with van der Waals surface area (Å²) in [5.41, 5.74) is 0.234. The van der Waals surface area contributed by atoms with E-state index in [4.69, 9.17) is 11.6 Å². The Morgan fingerprint density at radius 1 is 1.23 bits per heavy atom. The number of carbonyl (C=O) groups is 1. The van der Waals surface area contributed by atoms with Crippen molar-refractivity contribution in [3.8, 4) is 5.69 Å². The molecule has 3 aromatic heterocycles. The van der Waals surface area contributed by atoms with Crippen LogP contribution >= 0.6 is 11.6 Å². The smallest absolute Gasteiger partial charge is 0.336 e. The van der Waals surface area contributed by atoms with Crippen LogP contribution in [0.15, 0.2) is 48.8 Å². The van der Waals surface area contributed by atoms with E-state index in [1.54, 1.807) is 23.1 Å². The molecule has 7 nitrogen and oxygen atoms in total. The van der Waals surface area contributed by atoms with E-state index in [0.29, 0.717) is 4.52 Å². The zero-order chi connectivity index (χ0) is 22.3. The molecule has 31 heavy (non-hydrogen) atoms. The van der Waals surface area contributed by atoms with Gasteiger partial charge in [-0.1, -0.05) is 23.7 Å². The molecule has 0 bridgehead atoms. The van der Waals surface area contributed by atoms with E-state index in [2.05, 4.69) is 15.2 Å². The molecule has 0 saturated heterocycles. The van der Waals surface area contributed by atoms with Gasteiger partial charge >= 0.3 is 6.18 Å². The lowest BCUT2D eigenvalue weighted by molar-refractivity contribution is -0.142. The quantitative estimate of drug-likeness (QED) is 0.470. The van der Waals surface area contributed by atoms with Gasteiger partial charge in [-0.15, -0.1) is 0 Å². The molecule has 0 atom stereocenters. The molecule has 4 aromatic rings. The average molecular weight is 449 g/mol. The van der Waals surface area contributed by atoms with Crippen LogP contribution in [0.3, 0.4) is 0 Å². The first-order valence-corrected chi connectivity index (χ1v) is 9.50. The lowest BCUT2D eigenvalue weighted by Gasteiger charge is -2.16. The number of carbonyl (C=O) groups excluding carboxylic acids is 1. The number of hydrogen-bond donors (Lipinski definition) is 0. The number of fused-ring (bicyclic) bond motifs is 1. The predicted molar refractivity (Wildman–Crippen MR) is 107 cm³/mol. The predicted octanol–water partition coefficient (Wildman–Crippen LogP) is 4.17. The maximum absolute atomic E-state index is 13.4. The fourth-order valence-electron chi connectivity index (χ4n) is 3.15. The van der Waals surface area contributed by atoms with Crippen molar-refractivity contribution in [1.82, 2.24) is 29.3 Å². The number of benzene rings is 1. The summed E-state index contributed by atoms with van der Waals surface area (Å²) >= 11 is 6.20. The summed E-state index contributed by atoms with van der Waals surface area (Å²) in [6, 6.07) is 10.0. The van der Waals surface area contributed by atoms with Crippen LogP contribution in [0.25, 0.3) is 11.3 Å². The summed E-state index contributed by atoms with van der Waals surface area (Å²) in [5.74, 6) is -0.613. The van der Waals surface area contributed by atoms with Gasteiger partial charge in [-0.05, 0) is 36.8 Å². The van der Waals surface area contributed by atoms with Gasteiger partial charge < -0.3 is 4.90 Å². The normalized spacial score (nSPS) is 11.8. The van der Waals surface area contributed by atoms with Gasteiger partial charge in [0.05, 0.1) is 5.69 Å². The molecule has 0 spiro atoms. The van der Waals surface area contributed by atoms with Crippen molar-refractivity contribution in [2.45, 2.75) is 19.6 Å². The lowest BCUT2D eigenvalue weighted by atomic mass is 10.2. The van der Waals surface area contributed by atoms with Gasteiger partial charge in [0.15, 0.2) is 11.3 Å². The van der Waals surface area contributed by atoms with E-state index in [1.165, 1.54) is 18.9 Å². The van der Waals surface area contributed by atoms with Crippen molar-refractivity contribution in [3.05, 3.63) is 76.5 Å². The van der Waals surface area contributed by atoms with E-state index < -0.39 is 17.8 Å².